The normalized spacial score (nSPS) is 11.1. The van der Waals surface area contributed by atoms with E-state index in [2.05, 4.69) is 14.5 Å². The first-order valence-corrected chi connectivity index (χ1v) is 4.47. The first-order valence-electron chi connectivity index (χ1n) is 2.71. The Morgan fingerprint density at radius 1 is 1.45 bits per heavy atom. The van der Waals surface area contributed by atoms with Gasteiger partial charge in [0, 0.05) is 12.4 Å². The van der Waals surface area contributed by atoms with Crippen molar-refractivity contribution in [1.29, 1.82) is 0 Å². The van der Waals surface area contributed by atoms with Gasteiger partial charge in [-0.2, -0.15) is 0 Å². The molecule has 1 heterocycles. The molecule has 1 aromatic heterocycles. The molecule has 0 aliphatic heterocycles. The Labute approximate surface area is 63.2 Å². The van der Waals surface area contributed by atoms with Gasteiger partial charge in [0.2, 0.25) is 5.88 Å². The van der Waals surface area contributed by atoms with Gasteiger partial charge in [0.05, 0.1) is 6.20 Å². The molecule has 4 N–H and O–H groups in total. The molecule has 1 rings (SSSR count). The van der Waals surface area contributed by atoms with Crippen molar-refractivity contribution in [1.82, 2.24) is 9.97 Å². The van der Waals surface area contributed by atoms with Crippen molar-refractivity contribution < 1.29 is 9.09 Å². The quantitative estimate of drug-likeness (QED) is 0.605. The third kappa shape index (κ3) is 3.08. The Morgan fingerprint density at radius 2 is 2.18 bits per heavy atom. The van der Waals surface area contributed by atoms with E-state index in [-0.39, 0.29) is 5.88 Å². The fraction of sp³-hybridized carbons (Fsp3) is 0. The minimum Gasteiger partial charge on any atom is -0.402 e. The van der Waals surface area contributed by atoms with Gasteiger partial charge in [-0.15, -0.1) is 0 Å². The lowest BCUT2D eigenvalue weighted by atomic mass is 10.7. The van der Waals surface area contributed by atoms with E-state index in [4.69, 9.17) is 11.0 Å². The van der Waals surface area contributed by atoms with E-state index in [0.717, 1.165) is 0 Å². The standard InChI is InChI=1S/C4H7N4O2P/c5-11(6,9)10-4-3-7-1-2-8-4/h1-3H,(H4,5,6,9). The highest BCUT2D eigenvalue weighted by Gasteiger charge is 2.10. The van der Waals surface area contributed by atoms with Crippen LogP contribution >= 0.6 is 7.67 Å². The molecular formula is C4H7N4O2P. The maximum absolute atomic E-state index is 10.6. The Bertz CT molecular complexity index is 271. The van der Waals surface area contributed by atoms with Gasteiger partial charge in [0.25, 0.3) is 0 Å². The molecule has 1 aromatic rings. The van der Waals surface area contributed by atoms with Crippen molar-refractivity contribution in [3.05, 3.63) is 18.6 Å². The average molecular weight is 174 g/mol. The van der Waals surface area contributed by atoms with Crippen LogP contribution in [0.4, 0.5) is 0 Å². The lowest BCUT2D eigenvalue weighted by Crippen LogP contribution is -2.11. The minimum atomic E-state index is -3.49. The summed E-state index contributed by atoms with van der Waals surface area (Å²) in [4.78, 5) is 7.30. The molecule has 0 amide bonds. The van der Waals surface area contributed by atoms with Gasteiger partial charge in [-0.05, 0) is 0 Å². The van der Waals surface area contributed by atoms with Crippen LogP contribution in [-0.4, -0.2) is 9.97 Å². The topological polar surface area (TPSA) is 104 Å². The van der Waals surface area contributed by atoms with Gasteiger partial charge < -0.3 is 4.52 Å². The predicted molar refractivity (Wildman–Crippen MR) is 38.6 cm³/mol. The van der Waals surface area contributed by atoms with Crippen molar-refractivity contribution in [3.63, 3.8) is 0 Å². The number of aromatic nitrogens is 2. The first-order chi connectivity index (χ1) is 5.08. The van der Waals surface area contributed by atoms with Crippen LogP contribution in [0.1, 0.15) is 0 Å². The summed E-state index contributed by atoms with van der Waals surface area (Å²) in [6.07, 6.45) is 4.10. The molecule has 0 aromatic carbocycles. The molecule has 0 saturated heterocycles. The van der Waals surface area contributed by atoms with Crippen LogP contribution in [-0.2, 0) is 4.57 Å². The number of nitrogens with two attached hydrogens (primary N) is 2. The summed E-state index contributed by atoms with van der Waals surface area (Å²) in [7, 11) is -3.49. The van der Waals surface area contributed by atoms with Gasteiger partial charge in [0.1, 0.15) is 0 Å². The van der Waals surface area contributed by atoms with E-state index in [1.165, 1.54) is 18.6 Å². The smallest absolute Gasteiger partial charge is 0.386 e. The molecule has 0 unspecified atom stereocenters. The molecule has 0 fully saturated rings. The van der Waals surface area contributed by atoms with Crippen LogP contribution in [0.3, 0.4) is 0 Å². The molecular weight excluding hydrogens is 167 g/mol. The molecule has 0 aliphatic carbocycles. The zero-order chi connectivity index (χ0) is 8.32. The van der Waals surface area contributed by atoms with E-state index in [1.54, 1.807) is 0 Å². The van der Waals surface area contributed by atoms with Crippen molar-refractivity contribution >= 4 is 7.67 Å². The highest BCUT2D eigenvalue weighted by atomic mass is 31.2. The molecule has 11 heavy (non-hydrogen) atoms. The molecule has 0 atom stereocenters. The van der Waals surface area contributed by atoms with Gasteiger partial charge in [-0.3, -0.25) is 4.98 Å². The van der Waals surface area contributed by atoms with E-state index in [0.29, 0.717) is 0 Å². The van der Waals surface area contributed by atoms with Crippen molar-refractivity contribution in [3.8, 4) is 5.88 Å². The molecule has 0 bridgehead atoms. The Balaban J connectivity index is 2.74. The summed E-state index contributed by atoms with van der Waals surface area (Å²) in [5.41, 5.74) is 9.82. The fourth-order valence-corrected chi connectivity index (χ4v) is 0.865. The second-order valence-corrected chi connectivity index (χ2v) is 3.25. The van der Waals surface area contributed by atoms with E-state index >= 15 is 0 Å². The summed E-state index contributed by atoms with van der Waals surface area (Å²) in [6, 6.07) is 0. The van der Waals surface area contributed by atoms with Crippen molar-refractivity contribution in [2.75, 3.05) is 0 Å². The molecule has 6 nitrogen and oxygen atoms in total. The molecule has 0 aliphatic rings. The number of nitrogens with zero attached hydrogens (tertiary/aromatic N) is 2. The lowest BCUT2D eigenvalue weighted by Gasteiger charge is -2.06. The SMILES string of the molecule is NP(N)(=O)Oc1cnccn1. The number of rotatable bonds is 2. The molecule has 60 valence electrons. The molecule has 0 radical (unpaired) electrons. The van der Waals surface area contributed by atoms with E-state index < -0.39 is 7.67 Å². The maximum Gasteiger partial charge on any atom is 0.386 e. The average Bonchev–Trinajstić information content (AvgIpc) is 1.85. The molecule has 0 spiro atoms. The summed E-state index contributed by atoms with van der Waals surface area (Å²) >= 11 is 0. The van der Waals surface area contributed by atoms with Crippen LogP contribution in [0.25, 0.3) is 0 Å². The van der Waals surface area contributed by atoms with Crippen LogP contribution in [0.2, 0.25) is 0 Å². The Hall–Kier alpha value is -0.970. The highest BCUT2D eigenvalue weighted by molar-refractivity contribution is 7.54. The Morgan fingerprint density at radius 3 is 2.64 bits per heavy atom. The van der Waals surface area contributed by atoms with E-state index in [9.17, 15) is 4.57 Å². The van der Waals surface area contributed by atoms with Crippen LogP contribution in [0.5, 0.6) is 5.88 Å². The summed E-state index contributed by atoms with van der Waals surface area (Å²) < 4.78 is 15.2. The van der Waals surface area contributed by atoms with Crippen LogP contribution < -0.4 is 15.5 Å². The monoisotopic (exact) mass is 174 g/mol. The summed E-state index contributed by atoms with van der Waals surface area (Å²) in [5.74, 6) is 0.0563. The second-order valence-electron chi connectivity index (χ2n) is 1.78. The van der Waals surface area contributed by atoms with Gasteiger partial charge >= 0.3 is 7.67 Å². The highest BCUT2D eigenvalue weighted by Crippen LogP contribution is 2.27. The van der Waals surface area contributed by atoms with Crippen LogP contribution in [0.15, 0.2) is 18.6 Å². The van der Waals surface area contributed by atoms with E-state index in [1.807, 2.05) is 0 Å². The van der Waals surface area contributed by atoms with Gasteiger partial charge in [-0.1, -0.05) is 0 Å². The molecule has 7 heteroatoms. The summed E-state index contributed by atoms with van der Waals surface area (Å²) in [5, 5.41) is 0. The van der Waals surface area contributed by atoms with Crippen LogP contribution in [0, 0.1) is 0 Å². The number of hydrogen-bond acceptors (Lipinski definition) is 4. The largest absolute Gasteiger partial charge is 0.402 e. The third-order valence-electron chi connectivity index (χ3n) is 0.776. The predicted octanol–water partition coefficient (Wildman–Crippen LogP) is -0.119. The third-order valence-corrected chi connectivity index (χ3v) is 1.25. The maximum atomic E-state index is 10.6. The zero-order valence-corrected chi connectivity index (χ0v) is 6.44. The van der Waals surface area contributed by atoms with Gasteiger partial charge in [-0.25, -0.2) is 20.6 Å². The first kappa shape index (κ1) is 8.13. The van der Waals surface area contributed by atoms with Crippen molar-refractivity contribution in [2.24, 2.45) is 11.0 Å². The minimum absolute atomic E-state index is 0.0563. The number of hydrogen-bond donors (Lipinski definition) is 2. The second kappa shape index (κ2) is 2.96. The van der Waals surface area contributed by atoms with Gasteiger partial charge in [0.15, 0.2) is 0 Å². The zero-order valence-electron chi connectivity index (χ0n) is 5.54. The Kier molecular flexibility index (Phi) is 2.19. The van der Waals surface area contributed by atoms with Crippen molar-refractivity contribution in [2.45, 2.75) is 0 Å². The molecule has 0 saturated carbocycles. The summed E-state index contributed by atoms with van der Waals surface area (Å²) in [6.45, 7) is 0. The fourth-order valence-electron chi connectivity index (χ4n) is 0.479. The lowest BCUT2D eigenvalue weighted by molar-refractivity contribution is 0.473.